The van der Waals surface area contributed by atoms with Crippen LogP contribution in [-0.4, -0.2) is 72.3 Å². The van der Waals surface area contributed by atoms with E-state index in [0.29, 0.717) is 22.7 Å². The van der Waals surface area contributed by atoms with Crippen LogP contribution < -0.4 is 10.7 Å². The molecule has 2 aromatic carbocycles. The minimum atomic E-state index is -0.366. The molecule has 8 nitrogen and oxygen atoms in total. The average molecular weight is 576 g/mol. The smallest absolute Gasteiger partial charge is 0.283 e. The standard InChI is InChI=1S/C32H41N5O3S/c1-22-9-10-24(17-23(22)2)20-33-35-31(40)29-27(19-28(41-29)32(3,4)5)34-30(39)26-8-6-7-25(18-26)21-37-13-11-36(12-14-37)15-16-38/h6-10,17-20,38H,11-16,21H2,1-5H3,(H,34,39)(H,35,40). The average Bonchev–Trinajstić information content (AvgIpc) is 3.37. The first kappa shape index (κ1) is 30.6. The summed E-state index contributed by atoms with van der Waals surface area (Å²) in [5.41, 5.74) is 7.78. The summed E-state index contributed by atoms with van der Waals surface area (Å²) >= 11 is 1.37. The zero-order chi connectivity index (χ0) is 29.6. The Kier molecular flexibility index (Phi) is 10.1. The van der Waals surface area contributed by atoms with Crippen LogP contribution in [0.2, 0.25) is 0 Å². The van der Waals surface area contributed by atoms with Gasteiger partial charge in [0.1, 0.15) is 4.88 Å². The van der Waals surface area contributed by atoms with Crippen LogP contribution in [0, 0.1) is 13.8 Å². The molecule has 41 heavy (non-hydrogen) atoms. The number of amides is 2. The third-order valence-electron chi connectivity index (χ3n) is 7.31. The Morgan fingerprint density at radius 2 is 1.71 bits per heavy atom. The largest absolute Gasteiger partial charge is 0.395 e. The molecule has 1 aliphatic heterocycles. The van der Waals surface area contributed by atoms with Crippen LogP contribution in [0.15, 0.2) is 53.6 Å². The number of hydrogen-bond donors (Lipinski definition) is 3. The molecule has 0 spiro atoms. The summed E-state index contributed by atoms with van der Waals surface area (Å²) in [5.74, 6) is -0.625. The number of aliphatic hydroxyl groups is 1. The molecule has 0 unspecified atom stereocenters. The monoisotopic (exact) mass is 575 g/mol. The van der Waals surface area contributed by atoms with Crippen molar-refractivity contribution in [3.8, 4) is 0 Å². The van der Waals surface area contributed by atoms with Crippen molar-refractivity contribution in [2.75, 3.05) is 44.6 Å². The fourth-order valence-electron chi connectivity index (χ4n) is 4.66. The molecule has 218 valence electrons. The van der Waals surface area contributed by atoms with Gasteiger partial charge in [0.05, 0.1) is 18.5 Å². The molecule has 0 aliphatic carbocycles. The first-order chi connectivity index (χ1) is 19.5. The van der Waals surface area contributed by atoms with E-state index in [4.69, 9.17) is 0 Å². The number of carbonyl (C=O) groups is 2. The number of benzene rings is 2. The lowest BCUT2D eigenvalue weighted by Crippen LogP contribution is -2.46. The Morgan fingerprint density at radius 1 is 0.976 bits per heavy atom. The van der Waals surface area contributed by atoms with Crippen molar-refractivity contribution in [1.29, 1.82) is 0 Å². The topological polar surface area (TPSA) is 97.3 Å². The van der Waals surface area contributed by atoms with E-state index in [0.717, 1.165) is 54.3 Å². The number of nitrogens with zero attached hydrogens (tertiary/aromatic N) is 3. The minimum absolute atomic E-state index is 0.183. The van der Waals surface area contributed by atoms with Gasteiger partial charge in [0, 0.05) is 49.7 Å². The van der Waals surface area contributed by atoms with Gasteiger partial charge in [-0.25, -0.2) is 5.43 Å². The Bertz CT molecular complexity index is 1400. The van der Waals surface area contributed by atoms with Crippen molar-refractivity contribution in [1.82, 2.24) is 15.2 Å². The molecule has 3 aromatic rings. The summed E-state index contributed by atoms with van der Waals surface area (Å²) in [6.45, 7) is 15.7. The van der Waals surface area contributed by atoms with Gasteiger partial charge >= 0.3 is 0 Å². The Balaban J connectivity index is 1.45. The number of β-amino-alcohol motifs (C(OH)–C–C–N with tert-alkyl or cyclic N) is 1. The number of rotatable bonds is 9. The molecule has 2 amide bonds. The molecule has 1 aromatic heterocycles. The van der Waals surface area contributed by atoms with Crippen LogP contribution in [0.4, 0.5) is 5.69 Å². The third-order valence-corrected chi connectivity index (χ3v) is 8.87. The number of piperazine rings is 1. The van der Waals surface area contributed by atoms with Crippen LogP contribution in [-0.2, 0) is 12.0 Å². The van der Waals surface area contributed by atoms with Gasteiger partial charge in [-0.15, -0.1) is 11.3 Å². The number of anilines is 1. The van der Waals surface area contributed by atoms with E-state index in [-0.39, 0.29) is 23.8 Å². The predicted molar refractivity (Wildman–Crippen MR) is 167 cm³/mol. The van der Waals surface area contributed by atoms with E-state index in [2.05, 4.69) is 53.3 Å². The molecule has 1 aliphatic rings. The van der Waals surface area contributed by atoms with E-state index in [1.165, 1.54) is 16.9 Å². The zero-order valence-electron chi connectivity index (χ0n) is 24.7. The lowest BCUT2D eigenvalue weighted by molar-refractivity contribution is 0.0960. The van der Waals surface area contributed by atoms with Gasteiger partial charge in [-0.2, -0.15) is 5.10 Å². The van der Waals surface area contributed by atoms with Gasteiger partial charge in [-0.1, -0.05) is 51.1 Å². The maximum Gasteiger partial charge on any atom is 0.283 e. The first-order valence-electron chi connectivity index (χ1n) is 14.0. The molecule has 2 heterocycles. The summed E-state index contributed by atoms with van der Waals surface area (Å²) < 4.78 is 0. The van der Waals surface area contributed by atoms with Crippen LogP contribution in [0.25, 0.3) is 0 Å². The van der Waals surface area contributed by atoms with E-state index in [9.17, 15) is 14.7 Å². The second-order valence-corrected chi connectivity index (χ2v) is 12.7. The molecule has 3 N–H and O–H groups in total. The Hall–Kier alpha value is -3.37. The maximum atomic E-state index is 13.4. The quantitative estimate of drug-likeness (QED) is 0.252. The normalized spacial score (nSPS) is 14.9. The molecular formula is C32H41N5O3S. The van der Waals surface area contributed by atoms with E-state index in [1.807, 2.05) is 49.4 Å². The second kappa shape index (κ2) is 13.5. The van der Waals surface area contributed by atoms with Crippen LogP contribution >= 0.6 is 11.3 Å². The highest BCUT2D eigenvalue weighted by Gasteiger charge is 2.24. The number of thiophene rings is 1. The number of nitrogens with one attached hydrogen (secondary N) is 2. The fraction of sp³-hybridized carbons (Fsp3) is 0.406. The van der Waals surface area contributed by atoms with Crippen LogP contribution in [0.5, 0.6) is 0 Å². The highest BCUT2D eigenvalue weighted by molar-refractivity contribution is 7.14. The Labute approximate surface area is 247 Å². The number of aryl methyl sites for hydroxylation is 2. The lowest BCUT2D eigenvalue weighted by atomic mass is 9.94. The van der Waals surface area contributed by atoms with Gasteiger partial charge in [-0.3, -0.25) is 19.4 Å². The third kappa shape index (κ3) is 8.33. The second-order valence-electron chi connectivity index (χ2n) is 11.6. The summed E-state index contributed by atoms with van der Waals surface area (Å²) in [4.78, 5) is 32.6. The molecule has 1 saturated heterocycles. The molecule has 1 fully saturated rings. The van der Waals surface area contributed by atoms with Crippen molar-refractivity contribution in [3.05, 3.63) is 86.1 Å². The number of hydrogen-bond acceptors (Lipinski definition) is 7. The summed E-state index contributed by atoms with van der Waals surface area (Å²) in [5, 5.41) is 16.3. The maximum absolute atomic E-state index is 13.4. The fourth-order valence-corrected chi connectivity index (χ4v) is 5.72. The molecule has 4 rings (SSSR count). The molecular weight excluding hydrogens is 534 g/mol. The first-order valence-corrected chi connectivity index (χ1v) is 14.9. The number of hydrazone groups is 1. The molecule has 0 radical (unpaired) electrons. The van der Waals surface area contributed by atoms with E-state index >= 15 is 0 Å². The van der Waals surface area contributed by atoms with Gasteiger partial charge in [0.2, 0.25) is 0 Å². The SMILES string of the molecule is Cc1ccc(C=NNC(=O)c2sc(C(C)(C)C)cc2NC(=O)c2cccc(CN3CCN(CCO)CC3)c2)cc1C. The van der Waals surface area contributed by atoms with Crippen molar-refractivity contribution in [3.63, 3.8) is 0 Å². The molecule has 0 bridgehead atoms. The van der Waals surface area contributed by atoms with Crippen molar-refractivity contribution in [2.45, 2.75) is 46.6 Å². The number of aliphatic hydroxyl groups excluding tert-OH is 1. The minimum Gasteiger partial charge on any atom is -0.395 e. The van der Waals surface area contributed by atoms with E-state index < -0.39 is 0 Å². The summed E-state index contributed by atoms with van der Waals surface area (Å²) in [6, 6.07) is 15.5. The van der Waals surface area contributed by atoms with Gasteiger partial charge in [0.25, 0.3) is 11.8 Å². The molecule has 0 atom stereocenters. The molecule has 9 heteroatoms. The van der Waals surface area contributed by atoms with Crippen molar-refractivity contribution in [2.24, 2.45) is 5.10 Å². The van der Waals surface area contributed by atoms with Crippen LogP contribution in [0.1, 0.15) is 67.9 Å². The highest BCUT2D eigenvalue weighted by atomic mass is 32.1. The van der Waals surface area contributed by atoms with Gasteiger partial charge in [-0.05, 0) is 59.7 Å². The summed E-state index contributed by atoms with van der Waals surface area (Å²) in [7, 11) is 0. The van der Waals surface area contributed by atoms with E-state index in [1.54, 1.807) is 12.3 Å². The van der Waals surface area contributed by atoms with Gasteiger partial charge in [0.15, 0.2) is 0 Å². The van der Waals surface area contributed by atoms with Crippen molar-refractivity contribution >= 4 is 35.1 Å². The van der Waals surface area contributed by atoms with Crippen LogP contribution in [0.3, 0.4) is 0 Å². The Morgan fingerprint density at radius 3 is 2.39 bits per heavy atom. The number of carbonyl (C=O) groups excluding carboxylic acids is 2. The van der Waals surface area contributed by atoms with Gasteiger partial charge < -0.3 is 10.4 Å². The highest BCUT2D eigenvalue weighted by Crippen LogP contribution is 2.35. The summed E-state index contributed by atoms with van der Waals surface area (Å²) in [6.07, 6.45) is 1.62. The van der Waals surface area contributed by atoms with Crippen molar-refractivity contribution < 1.29 is 14.7 Å². The molecule has 0 saturated carbocycles. The lowest BCUT2D eigenvalue weighted by Gasteiger charge is -2.34. The zero-order valence-corrected chi connectivity index (χ0v) is 25.5. The predicted octanol–water partition coefficient (Wildman–Crippen LogP) is 4.79.